The van der Waals surface area contributed by atoms with E-state index in [2.05, 4.69) is 5.32 Å². The highest BCUT2D eigenvalue weighted by Gasteiger charge is 2.30. The first-order chi connectivity index (χ1) is 12.4. The van der Waals surface area contributed by atoms with Gasteiger partial charge in [-0.1, -0.05) is 74.3 Å². The van der Waals surface area contributed by atoms with Gasteiger partial charge in [-0.3, -0.25) is 9.59 Å². The summed E-state index contributed by atoms with van der Waals surface area (Å²) in [6.45, 7) is 5.59. The van der Waals surface area contributed by atoms with E-state index in [-0.39, 0.29) is 5.92 Å². The van der Waals surface area contributed by atoms with Crippen molar-refractivity contribution in [2.75, 3.05) is 5.32 Å². The molecule has 0 bridgehead atoms. The van der Waals surface area contributed by atoms with Crippen molar-refractivity contribution in [1.29, 1.82) is 0 Å². The van der Waals surface area contributed by atoms with E-state index in [1.165, 1.54) is 0 Å². The van der Waals surface area contributed by atoms with Crippen LogP contribution in [-0.4, -0.2) is 18.0 Å². The molecule has 0 radical (unpaired) electrons. The number of halogens is 1. The fourth-order valence-electron chi connectivity index (χ4n) is 2.69. The predicted molar refractivity (Wildman–Crippen MR) is 104 cm³/mol. The Balaban J connectivity index is 2.08. The molecule has 5 heteroatoms. The van der Waals surface area contributed by atoms with Crippen molar-refractivity contribution in [2.24, 2.45) is 5.92 Å². The van der Waals surface area contributed by atoms with E-state index in [4.69, 9.17) is 16.3 Å². The zero-order valence-electron chi connectivity index (χ0n) is 15.2. The second-order valence-corrected chi connectivity index (χ2v) is 6.73. The number of benzene rings is 2. The summed E-state index contributed by atoms with van der Waals surface area (Å²) in [6.07, 6.45) is -0.0939. The zero-order chi connectivity index (χ0) is 19.1. The van der Waals surface area contributed by atoms with Crippen molar-refractivity contribution >= 4 is 29.2 Å². The van der Waals surface area contributed by atoms with E-state index >= 15 is 0 Å². The number of rotatable bonds is 7. The largest absolute Gasteiger partial charge is 0.452 e. The van der Waals surface area contributed by atoms with Crippen LogP contribution in [0.25, 0.3) is 0 Å². The van der Waals surface area contributed by atoms with Gasteiger partial charge in [0.05, 0.1) is 16.6 Å². The minimum atomic E-state index is -0.922. The highest BCUT2D eigenvalue weighted by atomic mass is 35.5. The number of hydrogen-bond acceptors (Lipinski definition) is 3. The molecule has 0 spiro atoms. The summed E-state index contributed by atoms with van der Waals surface area (Å²) in [5.74, 6) is -1.12. The van der Waals surface area contributed by atoms with Crippen molar-refractivity contribution in [1.82, 2.24) is 0 Å². The summed E-state index contributed by atoms with van der Waals surface area (Å²) in [5, 5.41) is 3.12. The molecule has 0 heterocycles. The van der Waals surface area contributed by atoms with Crippen LogP contribution < -0.4 is 5.32 Å². The van der Waals surface area contributed by atoms with Gasteiger partial charge in [-0.15, -0.1) is 0 Å². The normalized spacial score (nSPS) is 14.2. The van der Waals surface area contributed by atoms with Crippen LogP contribution in [0.15, 0.2) is 54.6 Å². The van der Waals surface area contributed by atoms with E-state index in [9.17, 15) is 9.59 Å². The third-order valence-corrected chi connectivity index (χ3v) is 4.75. The van der Waals surface area contributed by atoms with E-state index in [0.29, 0.717) is 10.7 Å². The van der Waals surface area contributed by atoms with Gasteiger partial charge >= 0.3 is 5.97 Å². The Labute approximate surface area is 159 Å². The molecule has 138 valence electrons. The smallest absolute Gasteiger partial charge is 0.314 e. The molecular weight excluding hydrogens is 350 g/mol. The maximum Gasteiger partial charge on any atom is 0.314 e. The Bertz CT molecular complexity index is 748. The molecule has 0 fully saturated rings. The van der Waals surface area contributed by atoms with Gasteiger partial charge in [-0.25, -0.2) is 0 Å². The van der Waals surface area contributed by atoms with Gasteiger partial charge < -0.3 is 10.1 Å². The van der Waals surface area contributed by atoms with Crippen LogP contribution >= 0.6 is 11.6 Å². The maximum atomic E-state index is 12.7. The molecule has 0 saturated heterocycles. The van der Waals surface area contributed by atoms with Gasteiger partial charge in [-0.05, 0) is 30.5 Å². The third-order valence-electron chi connectivity index (χ3n) is 4.42. The molecule has 3 atom stereocenters. The Hall–Kier alpha value is -2.33. The number of carbonyl (C=O) groups is 2. The van der Waals surface area contributed by atoms with Crippen molar-refractivity contribution in [3.63, 3.8) is 0 Å². The van der Waals surface area contributed by atoms with Crippen LogP contribution in [0, 0.1) is 5.92 Å². The van der Waals surface area contributed by atoms with Crippen LogP contribution in [-0.2, 0) is 14.3 Å². The maximum absolute atomic E-state index is 12.7. The number of para-hydroxylation sites is 1. The summed E-state index contributed by atoms with van der Waals surface area (Å²) in [5.41, 5.74) is 1.38. The molecule has 0 aromatic heterocycles. The molecule has 26 heavy (non-hydrogen) atoms. The van der Waals surface area contributed by atoms with Gasteiger partial charge in [0.1, 0.15) is 0 Å². The highest BCUT2D eigenvalue weighted by Crippen LogP contribution is 2.29. The molecule has 0 aliphatic rings. The van der Waals surface area contributed by atoms with Crippen molar-refractivity contribution < 1.29 is 14.3 Å². The minimum Gasteiger partial charge on any atom is -0.452 e. The van der Waals surface area contributed by atoms with E-state index in [1.807, 2.05) is 44.2 Å². The number of nitrogens with one attached hydrogen (secondary N) is 1. The van der Waals surface area contributed by atoms with Gasteiger partial charge in [0.25, 0.3) is 5.91 Å². The number of esters is 1. The fraction of sp³-hybridized carbons (Fsp3) is 0.333. The number of ether oxygens (including phenoxy) is 1. The van der Waals surface area contributed by atoms with E-state index < -0.39 is 23.9 Å². The third kappa shape index (κ3) is 5.09. The SMILES string of the molecule is CC[C@H](C)[C@@H](C(=O)O[C@@H](C)C(=O)Nc1ccccc1Cl)c1ccccc1. The molecule has 2 rings (SSSR count). The standard InChI is InChI=1S/C21H24ClNO3/c1-4-14(2)19(16-10-6-5-7-11-16)21(25)26-15(3)20(24)23-18-13-9-8-12-17(18)22/h5-15,19H,4H2,1-3H3,(H,23,24)/t14-,15-,19+/m0/s1. The van der Waals surface area contributed by atoms with Crippen LogP contribution in [0.3, 0.4) is 0 Å². The summed E-state index contributed by atoms with van der Waals surface area (Å²) >= 11 is 6.05. The number of anilines is 1. The minimum absolute atomic E-state index is 0.101. The second-order valence-electron chi connectivity index (χ2n) is 6.32. The second kappa shape index (κ2) is 9.39. The quantitative estimate of drug-likeness (QED) is 0.691. The molecule has 2 aromatic carbocycles. The summed E-state index contributed by atoms with van der Waals surface area (Å²) in [6, 6.07) is 16.4. The van der Waals surface area contributed by atoms with Crippen LogP contribution in [0.4, 0.5) is 5.69 Å². The molecule has 2 aromatic rings. The lowest BCUT2D eigenvalue weighted by Crippen LogP contribution is -2.33. The molecular formula is C21H24ClNO3. The van der Waals surface area contributed by atoms with Gasteiger partial charge in [0.15, 0.2) is 6.10 Å². The molecule has 0 unspecified atom stereocenters. The average molecular weight is 374 g/mol. The fourth-order valence-corrected chi connectivity index (χ4v) is 2.87. The van der Waals surface area contributed by atoms with E-state index in [1.54, 1.807) is 31.2 Å². The Morgan fingerprint density at radius 2 is 1.65 bits per heavy atom. The molecule has 1 amide bonds. The van der Waals surface area contributed by atoms with Gasteiger partial charge in [0.2, 0.25) is 0 Å². The summed E-state index contributed by atoms with van der Waals surface area (Å²) in [7, 11) is 0. The Kier molecular flexibility index (Phi) is 7.22. The summed E-state index contributed by atoms with van der Waals surface area (Å²) < 4.78 is 5.47. The Morgan fingerprint density at radius 3 is 2.27 bits per heavy atom. The lowest BCUT2D eigenvalue weighted by atomic mass is 9.85. The average Bonchev–Trinajstić information content (AvgIpc) is 2.64. The van der Waals surface area contributed by atoms with Crippen molar-refractivity contribution in [2.45, 2.75) is 39.2 Å². The number of amides is 1. The molecule has 0 aliphatic carbocycles. The van der Waals surface area contributed by atoms with E-state index in [0.717, 1.165) is 12.0 Å². The van der Waals surface area contributed by atoms with Crippen LogP contribution in [0.1, 0.15) is 38.7 Å². The Morgan fingerprint density at radius 1 is 1.04 bits per heavy atom. The van der Waals surface area contributed by atoms with Crippen molar-refractivity contribution in [3.05, 3.63) is 65.2 Å². The zero-order valence-corrected chi connectivity index (χ0v) is 16.0. The molecule has 0 saturated carbocycles. The van der Waals surface area contributed by atoms with Gasteiger partial charge in [-0.2, -0.15) is 0 Å². The van der Waals surface area contributed by atoms with Crippen LogP contribution in [0.5, 0.6) is 0 Å². The van der Waals surface area contributed by atoms with Crippen LogP contribution in [0.2, 0.25) is 5.02 Å². The first kappa shape index (κ1) is 20.0. The van der Waals surface area contributed by atoms with Crippen molar-refractivity contribution in [3.8, 4) is 0 Å². The predicted octanol–water partition coefficient (Wildman–Crippen LogP) is 5.04. The summed E-state index contributed by atoms with van der Waals surface area (Å²) in [4.78, 5) is 25.1. The number of carbonyl (C=O) groups excluding carboxylic acids is 2. The highest BCUT2D eigenvalue weighted by molar-refractivity contribution is 6.33. The molecule has 1 N–H and O–H groups in total. The topological polar surface area (TPSA) is 55.4 Å². The number of hydrogen-bond donors (Lipinski definition) is 1. The first-order valence-corrected chi connectivity index (χ1v) is 9.12. The lowest BCUT2D eigenvalue weighted by Gasteiger charge is -2.24. The first-order valence-electron chi connectivity index (χ1n) is 8.74. The molecule has 0 aliphatic heterocycles. The monoisotopic (exact) mass is 373 g/mol. The lowest BCUT2D eigenvalue weighted by molar-refractivity contribution is -0.155. The molecule has 4 nitrogen and oxygen atoms in total. The van der Waals surface area contributed by atoms with Gasteiger partial charge in [0, 0.05) is 0 Å².